The van der Waals surface area contributed by atoms with Crippen LogP contribution in [0.2, 0.25) is 0 Å². The van der Waals surface area contributed by atoms with Gasteiger partial charge in [0.15, 0.2) is 0 Å². The zero-order chi connectivity index (χ0) is 10.6. The third-order valence-electron chi connectivity index (χ3n) is 1.93. The summed E-state index contributed by atoms with van der Waals surface area (Å²) in [5.74, 6) is 1.75. The molecule has 14 heavy (non-hydrogen) atoms. The van der Waals surface area contributed by atoms with Gasteiger partial charge in [-0.1, -0.05) is 6.92 Å². The van der Waals surface area contributed by atoms with Gasteiger partial charge in [0.25, 0.3) is 0 Å². The molecule has 0 saturated heterocycles. The number of rotatable bonds is 5. The first-order valence-corrected chi connectivity index (χ1v) is 6.62. The summed E-state index contributed by atoms with van der Waals surface area (Å²) in [5, 5.41) is 14.1. The van der Waals surface area contributed by atoms with Crippen molar-refractivity contribution in [2.24, 2.45) is 0 Å². The Morgan fingerprint density at radius 2 is 2.36 bits per heavy atom. The van der Waals surface area contributed by atoms with Gasteiger partial charge in [0.05, 0.1) is 16.4 Å². The molecule has 0 spiro atoms. The molecule has 0 aliphatic heterocycles. The van der Waals surface area contributed by atoms with Crippen molar-refractivity contribution in [3.8, 4) is 0 Å². The number of aliphatic hydroxyl groups excluding tert-OH is 1. The van der Waals surface area contributed by atoms with E-state index in [1.165, 1.54) is 0 Å². The molecule has 1 aromatic rings. The molecule has 3 nitrogen and oxygen atoms in total. The van der Waals surface area contributed by atoms with Crippen LogP contribution < -0.4 is 0 Å². The van der Waals surface area contributed by atoms with Gasteiger partial charge in [-0.25, -0.2) is 0 Å². The lowest BCUT2D eigenvalue weighted by molar-refractivity contribution is 0.191. The van der Waals surface area contributed by atoms with Crippen molar-refractivity contribution in [1.29, 1.82) is 0 Å². The number of halogens is 1. The van der Waals surface area contributed by atoms with Gasteiger partial charge in [0.1, 0.15) is 6.10 Å². The second-order valence-electron chi connectivity index (χ2n) is 2.87. The van der Waals surface area contributed by atoms with Gasteiger partial charge >= 0.3 is 0 Å². The van der Waals surface area contributed by atoms with Crippen molar-refractivity contribution in [1.82, 2.24) is 9.78 Å². The second-order valence-corrected chi connectivity index (χ2v) is 5.04. The average Bonchev–Trinajstić information content (AvgIpc) is 2.56. The monoisotopic (exact) mass is 278 g/mol. The first-order valence-electron chi connectivity index (χ1n) is 4.67. The van der Waals surface area contributed by atoms with E-state index in [0.29, 0.717) is 0 Å². The maximum Gasteiger partial charge on any atom is 0.106 e. The molecule has 1 unspecified atom stereocenters. The molecular formula is C9H15BrN2OS. The zero-order valence-corrected chi connectivity index (χ0v) is 10.8. The van der Waals surface area contributed by atoms with Gasteiger partial charge in [-0.2, -0.15) is 16.9 Å². The predicted octanol–water partition coefficient (Wildman–Crippen LogP) is 2.45. The van der Waals surface area contributed by atoms with Crippen molar-refractivity contribution in [2.45, 2.75) is 26.5 Å². The molecule has 0 saturated carbocycles. The molecule has 1 atom stereocenters. The Balaban J connectivity index is 2.76. The minimum atomic E-state index is -0.434. The quantitative estimate of drug-likeness (QED) is 0.899. The van der Waals surface area contributed by atoms with Crippen molar-refractivity contribution < 1.29 is 5.11 Å². The van der Waals surface area contributed by atoms with E-state index in [1.807, 2.05) is 11.6 Å². The van der Waals surface area contributed by atoms with Gasteiger partial charge in [0, 0.05) is 12.3 Å². The summed E-state index contributed by atoms with van der Waals surface area (Å²) in [7, 11) is 0. The maximum atomic E-state index is 9.92. The molecule has 1 N–H and O–H groups in total. The van der Waals surface area contributed by atoms with E-state index < -0.39 is 6.10 Å². The maximum absolute atomic E-state index is 9.92. The predicted molar refractivity (Wildman–Crippen MR) is 63.6 cm³/mol. The van der Waals surface area contributed by atoms with Crippen molar-refractivity contribution in [3.63, 3.8) is 0 Å². The number of thioether (sulfide) groups is 1. The Kier molecular flexibility index (Phi) is 4.98. The molecule has 1 heterocycles. The van der Waals surface area contributed by atoms with E-state index in [4.69, 9.17) is 0 Å². The summed E-state index contributed by atoms with van der Waals surface area (Å²) in [5.41, 5.74) is 0.883. The highest BCUT2D eigenvalue weighted by molar-refractivity contribution is 9.10. The fraction of sp³-hybridized carbons (Fsp3) is 0.667. The topological polar surface area (TPSA) is 38.1 Å². The molecule has 0 fully saturated rings. The van der Waals surface area contributed by atoms with Gasteiger partial charge < -0.3 is 5.11 Å². The number of aromatic nitrogens is 2. The Morgan fingerprint density at radius 1 is 1.64 bits per heavy atom. The average molecular weight is 279 g/mol. The highest BCUT2D eigenvalue weighted by Gasteiger charge is 2.16. The summed E-state index contributed by atoms with van der Waals surface area (Å²) in [6, 6.07) is 0. The van der Waals surface area contributed by atoms with Crippen LogP contribution in [-0.2, 0) is 6.54 Å². The van der Waals surface area contributed by atoms with Crippen LogP contribution >= 0.6 is 27.7 Å². The minimum absolute atomic E-state index is 0.434. The molecule has 1 aromatic heterocycles. The summed E-state index contributed by atoms with van der Waals surface area (Å²) in [6.07, 6.45) is 1.30. The lowest BCUT2D eigenvalue weighted by Gasteiger charge is -2.12. The summed E-state index contributed by atoms with van der Waals surface area (Å²) >= 11 is 5.13. The molecule has 0 aliphatic carbocycles. The molecule has 0 bridgehead atoms. The van der Waals surface area contributed by atoms with Crippen LogP contribution in [-0.4, -0.2) is 26.4 Å². The molecule has 5 heteroatoms. The molecule has 1 rings (SSSR count). The second kappa shape index (κ2) is 5.78. The first-order chi connectivity index (χ1) is 6.70. The van der Waals surface area contributed by atoms with Gasteiger partial charge in [-0.3, -0.25) is 4.68 Å². The van der Waals surface area contributed by atoms with E-state index in [1.54, 1.807) is 18.0 Å². The van der Waals surface area contributed by atoms with Gasteiger partial charge in [-0.05, 0) is 28.6 Å². The molecule has 80 valence electrons. The van der Waals surface area contributed by atoms with Gasteiger partial charge in [0.2, 0.25) is 0 Å². The first kappa shape index (κ1) is 12.1. The van der Waals surface area contributed by atoms with Crippen LogP contribution in [0.3, 0.4) is 0 Å². The number of hydrogen-bond donors (Lipinski definition) is 1. The molecular weight excluding hydrogens is 264 g/mol. The summed E-state index contributed by atoms with van der Waals surface area (Å²) < 4.78 is 2.72. The normalized spacial score (nSPS) is 13.1. The Morgan fingerprint density at radius 3 is 2.93 bits per heavy atom. The zero-order valence-electron chi connectivity index (χ0n) is 8.40. The van der Waals surface area contributed by atoms with Crippen LogP contribution in [0.25, 0.3) is 0 Å². The highest BCUT2D eigenvalue weighted by Crippen LogP contribution is 2.25. The Labute approximate surface area is 97.0 Å². The van der Waals surface area contributed by atoms with Crippen LogP contribution in [0.1, 0.15) is 25.6 Å². The highest BCUT2D eigenvalue weighted by atomic mass is 79.9. The number of hydrogen-bond acceptors (Lipinski definition) is 3. The summed E-state index contributed by atoms with van der Waals surface area (Å²) in [6.45, 7) is 4.89. The lowest BCUT2D eigenvalue weighted by Crippen LogP contribution is -2.10. The van der Waals surface area contributed by atoms with Crippen LogP contribution in [0, 0.1) is 0 Å². The third-order valence-corrected chi connectivity index (χ3v) is 3.50. The SMILES string of the molecule is CCSCC(O)c1c(Br)cnn1CC. The number of aliphatic hydroxyl groups is 1. The van der Waals surface area contributed by atoms with Crippen LogP contribution in [0.15, 0.2) is 10.7 Å². The number of aryl methyl sites for hydroxylation is 1. The standard InChI is InChI=1S/C9H15BrN2OS/c1-3-12-9(7(10)5-11-12)8(13)6-14-4-2/h5,8,13H,3-4,6H2,1-2H3. The van der Waals surface area contributed by atoms with Crippen molar-refractivity contribution >= 4 is 27.7 Å². The van der Waals surface area contributed by atoms with Crippen LogP contribution in [0.5, 0.6) is 0 Å². The van der Waals surface area contributed by atoms with Crippen molar-refractivity contribution in [2.75, 3.05) is 11.5 Å². The van der Waals surface area contributed by atoms with E-state index in [-0.39, 0.29) is 0 Å². The van der Waals surface area contributed by atoms with E-state index in [2.05, 4.69) is 28.0 Å². The third kappa shape index (κ3) is 2.74. The lowest BCUT2D eigenvalue weighted by atomic mass is 10.3. The largest absolute Gasteiger partial charge is 0.386 e. The van der Waals surface area contributed by atoms with Gasteiger partial charge in [-0.15, -0.1) is 0 Å². The molecule has 0 radical (unpaired) electrons. The van der Waals surface area contributed by atoms with E-state index in [9.17, 15) is 5.11 Å². The molecule has 0 aliphatic rings. The fourth-order valence-corrected chi connectivity index (χ4v) is 2.44. The Hall–Kier alpha value is 0. The molecule has 0 amide bonds. The smallest absolute Gasteiger partial charge is 0.106 e. The minimum Gasteiger partial charge on any atom is -0.386 e. The van der Waals surface area contributed by atoms with E-state index in [0.717, 1.165) is 28.2 Å². The van der Waals surface area contributed by atoms with Crippen LogP contribution in [0.4, 0.5) is 0 Å². The van der Waals surface area contributed by atoms with E-state index >= 15 is 0 Å². The Bertz CT molecular complexity index is 290. The number of nitrogens with zero attached hydrogens (tertiary/aromatic N) is 2. The summed E-state index contributed by atoms with van der Waals surface area (Å²) in [4.78, 5) is 0. The molecule has 0 aromatic carbocycles. The fourth-order valence-electron chi connectivity index (χ4n) is 1.26. The van der Waals surface area contributed by atoms with Crippen molar-refractivity contribution in [3.05, 3.63) is 16.4 Å².